The van der Waals surface area contributed by atoms with E-state index in [0.29, 0.717) is 10.8 Å². The number of benzene rings is 1. The first-order chi connectivity index (χ1) is 6.56. The third-order valence-electron chi connectivity index (χ3n) is 1.96. The molecule has 1 aromatic rings. The molecule has 0 aliphatic carbocycles. The SMILES string of the molecule is COc1ccc(C(O)N(C)C)cc1Cl. The lowest BCUT2D eigenvalue weighted by molar-refractivity contribution is 0.0395. The Morgan fingerprint density at radius 3 is 2.50 bits per heavy atom. The van der Waals surface area contributed by atoms with Gasteiger partial charge in [-0.1, -0.05) is 17.7 Å². The van der Waals surface area contributed by atoms with Crippen LogP contribution in [0.1, 0.15) is 11.8 Å². The molecule has 0 bridgehead atoms. The third kappa shape index (κ3) is 2.38. The molecule has 0 fully saturated rings. The summed E-state index contributed by atoms with van der Waals surface area (Å²) in [6, 6.07) is 5.23. The maximum absolute atomic E-state index is 9.71. The van der Waals surface area contributed by atoms with Crippen molar-refractivity contribution in [1.82, 2.24) is 4.90 Å². The Morgan fingerprint density at radius 1 is 1.43 bits per heavy atom. The topological polar surface area (TPSA) is 32.7 Å². The lowest BCUT2D eigenvalue weighted by atomic mass is 10.2. The molecule has 1 atom stereocenters. The summed E-state index contributed by atoms with van der Waals surface area (Å²) in [5.41, 5.74) is 0.751. The maximum atomic E-state index is 9.71. The molecular weight excluding hydrogens is 202 g/mol. The smallest absolute Gasteiger partial charge is 0.137 e. The molecule has 1 N–H and O–H groups in total. The average molecular weight is 216 g/mol. The summed E-state index contributed by atoms with van der Waals surface area (Å²) in [4.78, 5) is 1.69. The van der Waals surface area contributed by atoms with Crippen molar-refractivity contribution < 1.29 is 9.84 Å². The normalized spacial score (nSPS) is 13.0. The van der Waals surface area contributed by atoms with E-state index < -0.39 is 6.23 Å². The summed E-state index contributed by atoms with van der Waals surface area (Å²) in [6.07, 6.45) is -0.640. The number of ether oxygens (including phenoxy) is 1. The van der Waals surface area contributed by atoms with Gasteiger partial charge >= 0.3 is 0 Å². The van der Waals surface area contributed by atoms with Crippen LogP contribution in [0.2, 0.25) is 5.02 Å². The van der Waals surface area contributed by atoms with E-state index in [4.69, 9.17) is 16.3 Å². The molecule has 0 heterocycles. The van der Waals surface area contributed by atoms with E-state index in [-0.39, 0.29) is 0 Å². The number of methoxy groups -OCH3 is 1. The van der Waals surface area contributed by atoms with Gasteiger partial charge in [0.25, 0.3) is 0 Å². The molecule has 1 rings (SSSR count). The molecule has 14 heavy (non-hydrogen) atoms. The van der Waals surface area contributed by atoms with Crippen LogP contribution in [-0.2, 0) is 0 Å². The Hall–Kier alpha value is -0.770. The minimum absolute atomic E-state index is 0.505. The number of aliphatic hydroxyl groups is 1. The molecule has 1 unspecified atom stereocenters. The summed E-state index contributed by atoms with van der Waals surface area (Å²) in [7, 11) is 5.15. The van der Waals surface area contributed by atoms with Crippen LogP contribution < -0.4 is 4.74 Å². The second-order valence-corrected chi connectivity index (χ2v) is 3.64. The molecule has 4 heteroatoms. The molecule has 0 aliphatic rings. The Labute approximate surface area is 88.9 Å². The molecule has 0 saturated carbocycles. The fourth-order valence-corrected chi connectivity index (χ4v) is 1.41. The number of aliphatic hydroxyl groups excluding tert-OH is 1. The molecular formula is C10H14ClNO2. The van der Waals surface area contributed by atoms with E-state index in [1.165, 1.54) is 0 Å². The molecule has 78 valence electrons. The fraction of sp³-hybridized carbons (Fsp3) is 0.400. The molecule has 1 aromatic carbocycles. The van der Waals surface area contributed by atoms with Crippen molar-refractivity contribution in [1.29, 1.82) is 0 Å². The van der Waals surface area contributed by atoms with Crippen LogP contribution in [0.4, 0.5) is 0 Å². The Morgan fingerprint density at radius 2 is 2.07 bits per heavy atom. The monoisotopic (exact) mass is 215 g/mol. The molecule has 0 aliphatic heterocycles. The molecule has 0 aromatic heterocycles. The predicted molar refractivity (Wildman–Crippen MR) is 56.7 cm³/mol. The zero-order valence-corrected chi connectivity index (χ0v) is 9.25. The standard InChI is InChI=1S/C10H14ClNO2/c1-12(2)10(13)7-4-5-9(14-3)8(11)6-7/h4-6,10,13H,1-3H3. The summed E-state index contributed by atoms with van der Waals surface area (Å²) < 4.78 is 5.01. The summed E-state index contributed by atoms with van der Waals surface area (Å²) in [6.45, 7) is 0. The maximum Gasteiger partial charge on any atom is 0.137 e. The highest BCUT2D eigenvalue weighted by molar-refractivity contribution is 6.32. The Bertz CT molecular complexity index is 315. The third-order valence-corrected chi connectivity index (χ3v) is 2.26. The van der Waals surface area contributed by atoms with Gasteiger partial charge in [-0.05, 0) is 31.8 Å². The van der Waals surface area contributed by atoms with E-state index in [9.17, 15) is 5.11 Å². The highest BCUT2D eigenvalue weighted by atomic mass is 35.5. The van der Waals surface area contributed by atoms with Gasteiger partial charge in [0.15, 0.2) is 0 Å². The van der Waals surface area contributed by atoms with Gasteiger partial charge in [0.2, 0.25) is 0 Å². The average Bonchev–Trinajstić information content (AvgIpc) is 2.16. The van der Waals surface area contributed by atoms with Crippen molar-refractivity contribution >= 4 is 11.6 Å². The first-order valence-electron chi connectivity index (χ1n) is 4.24. The van der Waals surface area contributed by atoms with Gasteiger partial charge < -0.3 is 9.84 Å². The van der Waals surface area contributed by atoms with Gasteiger partial charge in [-0.2, -0.15) is 0 Å². The number of hydrogen-bond donors (Lipinski definition) is 1. The first-order valence-corrected chi connectivity index (χ1v) is 4.62. The number of hydrogen-bond acceptors (Lipinski definition) is 3. The zero-order chi connectivity index (χ0) is 10.7. The first kappa shape index (κ1) is 11.3. The van der Waals surface area contributed by atoms with E-state index >= 15 is 0 Å². The molecule has 0 saturated heterocycles. The highest BCUT2D eigenvalue weighted by Gasteiger charge is 2.11. The highest BCUT2D eigenvalue weighted by Crippen LogP contribution is 2.27. The van der Waals surface area contributed by atoms with E-state index in [1.54, 1.807) is 44.3 Å². The van der Waals surface area contributed by atoms with Crippen LogP contribution in [0.5, 0.6) is 5.75 Å². The zero-order valence-electron chi connectivity index (χ0n) is 8.49. The minimum atomic E-state index is -0.640. The van der Waals surface area contributed by atoms with Crippen LogP contribution >= 0.6 is 11.6 Å². The van der Waals surface area contributed by atoms with Crippen molar-refractivity contribution in [2.24, 2.45) is 0 Å². The van der Waals surface area contributed by atoms with Crippen LogP contribution in [0.3, 0.4) is 0 Å². The second kappa shape index (κ2) is 4.64. The van der Waals surface area contributed by atoms with Crippen LogP contribution in [0.15, 0.2) is 18.2 Å². The summed E-state index contributed by atoms with van der Waals surface area (Å²) >= 11 is 5.92. The summed E-state index contributed by atoms with van der Waals surface area (Å²) in [5.74, 6) is 0.612. The summed E-state index contributed by atoms with van der Waals surface area (Å²) in [5, 5.41) is 10.2. The van der Waals surface area contributed by atoms with E-state index in [1.807, 2.05) is 0 Å². The Balaban J connectivity index is 2.96. The van der Waals surface area contributed by atoms with Gasteiger partial charge in [-0.25, -0.2) is 0 Å². The lowest BCUT2D eigenvalue weighted by Gasteiger charge is -2.19. The predicted octanol–water partition coefficient (Wildman–Crippen LogP) is 1.90. The van der Waals surface area contributed by atoms with Crippen LogP contribution in [0.25, 0.3) is 0 Å². The van der Waals surface area contributed by atoms with Crippen molar-refractivity contribution in [2.45, 2.75) is 6.23 Å². The fourth-order valence-electron chi connectivity index (χ4n) is 1.14. The molecule has 0 radical (unpaired) electrons. The Kier molecular flexibility index (Phi) is 3.75. The largest absolute Gasteiger partial charge is 0.495 e. The van der Waals surface area contributed by atoms with Gasteiger partial charge in [-0.3, -0.25) is 4.90 Å². The van der Waals surface area contributed by atoms with Crippen molar-refractivity contribution in [3.8, 4) is 5.75 Å². The quantitative estimate of drug-likeness (QED) is 0.782. The van der Waals surface area contributed by atoms with Gasteiger partial charge in [0.1, 0.15) is 12.0 Å². The molecule has 0 amide bonds. The van der Waals surface area contributed by atoms with Crippen molar-refractivity contribution in [3.63, 3.8) is 0 Å². The van der Waals surface area contributed by atoms with Crippen LogP contribution in [-0.4, -0.2) is 31.2 Å². The van der Waals surface area contributed by atoms with Gasteiger partial charge in [-0.15, -0.1) is 0 Å². The van der Waals surface area contributed by atoms with Gasteiger partial charge in [0, 0.05) is 0 Å². The van der Waals surface area contributed by atoms with E-state index in [0.717, 1.165) is 5.56 Å². The number of rotatable bonds is 3. The minimum Gasteiger partial charge on any atom is -0.495 e. The number of halogens is 1. The molecule has 0 spiro atoms. The van der Waals surface area contributed by atoms with Gasteiger partial charge in [0.05, 0.1) is 12.1 Å². The van der Waals surface area contributed by atoms with Crippen molar-refractivity contribution in [2.75, 3.05) is 21.2 Å². The van der Waals surface area contributed by atoms with E-state index in [2.05, 4.69) is 0 Å². The lowest BCUT2D eigenvalue weighted by Crippen LogP contribution is -2.19. The van der Waals surface area contributed by atoms with Crippen LogP contribution in [0, 0.1) is 0 Å². The number of nitrogens with zero attached hydrogens (tertiary/aromatic N) is 1. The second-order valence-electron chi connectivity index (χ2n) is 3.23. The van der Waals surface area contributed by atoms with Crippen molar-refractivity contribution in [3.05, 3.63) is 28.8 Å². The molecule has 3 nitrogen and oxygen atoms in total.